The fourth-order valence-corrected chi connectivity index (χ4v) is 2.75. The van der Waals surface area contributed by atoms with Gasteiger partial charge in [0.15, 0.2) is 6.61 Å². The van der Waals surface area contributed by atoms with Gasteiger partial charge >= 0.3 is 5.97 Å². The number of ether oxygens (including phenoxy) is 2. The van der Waals surface area contributed by atoms with Gasteiger partial charge in [-0.25, -0.2) is 0 Å². The molecule has 1 aliphatic heterocycles. The van der Waals surface area contributed by atoms with Crippen LogP contribution in [-0.4, -0.2) is 43.1 Å². The fourth-order valence-electron chi connectivity index (χ4n) is 2.58. The third-order valence-electron chi connectivity index (χ3n) is 3.91. The molecule has 0 atom stereocenters. The summed E-state index contributed by atoms with van der Waals surface area (Å²) in [5.74, 6) is 0.153. The van der Waals surface area contributed by atoms with E-state index < -0.39 is 0 Å². The highest BCUT2D eigenvalue weighted by molar-refractivity contribution is 6.32. The Hall–Kier alpha value is -1.75. The van der Waals surface area contributed by atoms with Crippen LogP contribution in [-0.2, 0) is 14.3 Å². The van der Waals surface area contributed by atoms with Crippen LogP contribution in [0.5, 0.6) is 5.75 Å². The molecule has 23 heavy (non-hydrogen) atoms. The lowest BCUT2D eigenvalue weighted by atomic mass is 9.97. The number of hydrogen-bond donors (Lipinski definition) is 0. The number of hydrogen-bond acceptors (Lipinski definition) is 4. The minimum atomic E-state index is -0.164. The number of esters is 1. The Morgan fingerprint density at radius 1 is 1.30 bits per heavy atom. The van der Waals surface area contributed by atoms with Gasteiger partial charge in [-0.05, 0) is 44.4 Å². The second-order valence-corrected chi connectivity index (χ2v) is 6.04. The topological polar surface area (TPSA) is 55.8 Å². The first kappa shape index (κ1) is 17.6. The fraction of sp³-hybridized carbons (Fsp3) is 0.529. The van der Waals surface area contributed by atoms with Gasteiger partial charge in [0.05, 0.1) is 17.5 Å². The van der Waals surface area contributed by atoms with Crippen LogP contribution in [0.25, 0.3) is 0 Å². The van der Waals surface area contributed by atoms with Crippen LogP contribution >= 0.6 is 11.6 Å². The summed E-state index contributed by atoms with van der Waals surface area (Å²) in [4.78, 5) is 25.6. The van der Waals surface area contributed by atoms with Crippen molar-refractivity contribution in [3.63, 3.8) is 0 Å². The number of amides is 1. The van der Waals surface area contributed by atoms with Crippen LogP contribution in [0.15, 0.2) is 18.2 Å². The normalized spacial score (nSPS) is 15.3. The van der Waals surface area contributed by atoms with E-state index in [0.29, 0.717) is 43.3 Å². The Morgan fingerprint density at radius 2 is 2.00 bits per heavy atom. The largest absolute Gasteiger partial charge is 0.482 e. The summed E-state index contributed by atoms with van der Waals surface area (Å²) in [7, 11) is 0. The lowest BCUT2D eigenvalue weighted by Gasteiger charge is -2.30. The van der Waals surface area contributed by atoms with E-state index in [1.807, 2.05) is 19.1 Å². The summed E-state index contributed by atoms with van der Waals surface area (Å²) in [6.45, 7) is 5.17. The zero-order chi connectivity index (χ0) is 16.8. The number of halogens is 1. The van der Waals surface area contributed by atoms with E-state index in [4.69, 9.17) is 21.1 Å². The summed E-state index contributed by atoms with van der Waals surface area (Å²) in [5, 5.41) is 0.490. The Balaban J connectivity index is 1.81. The minimum absolute atomic E-state index is 0.0484. The number of piperidine rings is 1. The molecule has 126 valence electrons. The molecule has 1 amide bonds. The Morgan fingerprint density at radius 3 is 2.65 bits per heavy atom. The molecule has 1 aromatic carbocycles. The van der Waals surface area contributed by atoms with E-state index in [9.17, 15) is 9.59 Å². The van der Waals surface area contributed by atoms with Gasteiger partial charge < -0.3 is 14.4 Å². The summed E-state index contributed by atoms with van der Waals surface area (Å²) in [5.41, 5.74) is 1.02. The van der Waals surface area contributed by atoms with Gasteiger partial charge in [-0.15, -0.1) is 0 Å². The molecule has 1 aromatic rings. The smallest absolute Gasteiger partial charge is 0.309 e. The molecule has 0 N–H and O–H groups in total. The van der Waals surface area contributed by atoms with E-state index in [2.05, 4.69) is 0 Å². The third kappa shape index (κ3) is 4.86. The average molecular weight is 340 g/mol. The maximum atomic E-state index is 12.2. The number of carbonyl (C=O) groups excluding carboxylic acids is 2. The van der Waals surface area contributed by atoms with Crippen LogP contribution in [0, 0.1) is 12.8 Å². The Bertz CT molecular complexity index is 568. The molecule has 0 bridgehead atoms. The number of aryl methyl sites for hydroxylation is 1. The molecule has 1 heterocycles. The van der Waals surface area contributed by atoms with Crippen LogP contribution in [0.4, 0.5) is 0 Å². The van der Waals surface area contributed by atoms with Gasteiger partial charge in [-0.3, -0.25) is 9.59 Å². The molecule has 6 heteroatoms. The zero-order valence-corrected chi connectivity index (χ0v) is 14.3. The van der Waals surface area contributed by atoms with Crippen molar-refractivity contribution in [1.29, 1.82) is 0 Å². The molecule has 0 saturated carbocycles. The predicted octanol–water partition coefficient (Wildman–Crippen LogP) is 2.83. The minimum Gasteiger partial charge on any atom is -0.482 e. The standard InChI is InChI=1S/C17H22ClNO4/c1-3-22-17(21)13-6-8-19(9-7-13)16(20)11-23-15-10-12(2)4-5-14(15)18/h4-5,10,13H,3,6-9,11H2,1-2H3. The number of rotatable bonds is 5. The van der Waals surface area contributed by atoms with Crippen molar-refractivity contribution in [2.24, 2.45) is 5.92 Å². The van der Waals surface area contributed by atoms with Crippen LogP contribution in [0.1, 0.15) is 25.3 Å². The van der Waals surface area contributed by atoms with Crippen molar-refractivity contribution in [3.8, 4) is 5.75 Å². The molecule has 0 aliphatic carbocycles. The first-order valence-corrected chi connectivity index (χ1v) is 8.22. The number of likely N-dealkylation sites (tertiary alicyclic amines) is 1. The van der Waals surface area contributed by atoms with E-state index in [-0.39, 0.29) is 24.4 Å². The highest BCUT2D eigenvalue weighted by Gasteiger charge is 2.28. The summed E-state index contributed by atoms with van der Waals surface area (Å²) < 4.78 is 10.6. The van der Waals surface area contributed by atoms with Crippen molar-refractivity contribution in [3.05, 3.63) is 28.8 Å². The summed E-state index contributed by atoms with van der Waals surface area (Å²) in [6, 6.07) is 5.45. The summed E-state index contributed by atoms with van der Waals surface area (Å²) >= 11 is 6.05. The maximum Gasteiger partial charge on any atom is 0.309 e. The molecule has 1 fully saturated rings. The third-order valence-corrected chi connectivity index (χ3v) is 4.22. The van der Waals surface area contributed by atoms with Crippen LogP contribution in [0.2, 0.25) is 5.02 Å². The number of carbonyl (C=O) groups is 2. The molecule has 5 nitrogen and oxygen atoms in total. The van der Waals surface area contributed by atoms with E-state index in [0.717, 1.165) is 5.56 Å². The van der Waals surface area contributed by atoms with Crippen molar-refractivity contribution >= 4 is 23.5 Å². The monoisotopic (exact) mass is 339 g/mol. The summed E-state index contributed by atoms with van der Waals surface area (Å²) in [6.07, 6.45) is 1.27. The van der Waals surface area contributed by atoms with E-state index >= 15 is 0 Å². The van der Waals surface area contributed by atoms with Crippen molar-refractivity contribution in [2.45, 2.75) is 26.7 Å². The van der Waals surface area contributed by atoms with Crippen molar-refractivity contribution < 1.29 is 19.1 Å². The second-order valence-electron chi connectivity index (χ2n) is 5.63. The molecule has 2 rings (SSSR count). The van der Waals surface area contributed by atoms with Gasteiger partial charge in [0.2, 0.25) is 0 Å². The Labute approximate surface area is 141 Å². The molecular formula is C17H22ClNO4. The highest BCUT2D eigenvalue weighted by atomic mass is 35.5. The molecule has 1 saturated heterocycles. The number of benzene rings is 1. The first-order chi connectivity index (χ1) is 11.0. The predicted molar refractivity (Wildman–Crippen MR) is 87.6 cm³/mol. The van der Waals surface area contributed by atoms with Crippen molar-refractivity contribution in [2.75, 3.05) is 26.3 Å². The van der Waals surface area contributed by atoms with E-state index in [1.165, 1.54) is 0 Å². The zero-order valence-electron chi connectivity index (χ0n) is 13.5. The van der Waals surface area contributed by atoms with Crippen LogP contribution < -0.4 is 4.74 Å². The van der Waals surface area contributed by atoms with Gasteiger partial charge in [0.25, 0.3) is 5.91 Å². The molecule has 0 spiro atoms. The van der Waals surface area contributed by atoms with Gasteiger partial charge in [-0.1, -0.05) is 17.7 Å². The van der Waals surface area contributed by atoms with Crippen LogP contribution in [0.3, 0.4) is 0 Å². The maximum absolute atomic E-state index is 12.2. The molecule has 0 aromatic heterocycles. The first-order valence-electron chi connectivity index (χ1n) is 7.84. The molecule has 0 radical (unpaired) electrons. The molecular weight excluding hydrogens is 318 g/mol. The number of nitrogens with zero attached hydrogens (tertiary/aromatic N) is 1. The van der Waals surface area contributed by atoms with Crippen molar-refractivity contribution in [1.82, 2.24) is 4.90 Å². The van der Waals surface area contributed by atoms with Gasteiger partial charge in [-0.2, -0.15) is 0 Å². The molecule has 1 aliphatic rings. The Kier molecular flexibility index (Phi) is 6.28. The van der Waals surface area contributed by atoms with Gasteiger partial charge in [0, 0.05) is 13.1 Å². The SMILES string of the molecule is CCOC(=O)C1CCN(C(=O)COc2cc(C)ccc2Cl)CC1. The average Bonchev–Trinajstić information content (AvgIpc) is 2.55. The lowest BCUT2D eigenvalue weighted by molar-refractivity contribution is -0.151. The lowest BCUT2D eigenvalue weighted by Crippen LogP contribution is -2.42. The van der Waals surface area contributed by atoms with E-state index in [1.54, 1.807) is 17.9 Å². The second kappa shape index (κ2) is 8.20. The quantitative estimate of drug-likeness (QED) is 0.774. The highest BCUT2D eigenvalue weighted by Crippen LogP contribution is 2.25. The molecule has 0 unspecified atom stereocenters. The van der Waals surface area contributed by atoms with Gasteiger partial charge in [0.1, 0.15) is 5.75 Å².